The van der Waals surface area contributed by atoms with Gasteiger partial charge < -0.3 is 0 Å². The second-order valence-corrected chi connectivity index (χ2v) is 25.8. The summed E-state index contributed by atoms with van der Waals surface area (Å²) in [5, 5.41) is 0. The summed E-state index contributed by atoms with van der Waals surface area (Å²) in [6.45, 7) is 14.4. The molecule has 134 valence electrons. The van der Waals surface area contributed by atoms with Gasteiger partial charge in [0, 0.05) is 0 Å². The van der Waals surface area contributed by atoms with Crippen LogP contribution in [0.5, 0.6) is 0 Å². The third kappa shape index (κ3) is 11.0. The second kappa shape index (κ2) is 10.4. The summed E-state index contributed by atoms with van der Waals surface area (Å²) >= 11 is -1.18. The zero-order valence-electron chi connectivity index (χ0n) is 14.5. The molecule has 0 aliphatic rings. The van der Waals surface area contributed by atoms with Crippen LogP contribution in [0.1, 0.15) is 55.4 Å². The number of hydrogen-bond acceptors (Lipinski definition) is 6. The summed E-state index contributed by atoms with van der Waals surface area (Å²) in [5.41, 5.74) is 0. The van der Waals surface area contributed by atoms with Crippen molar-refractivity contribution >= 4 is 37.9 Å². The quantitative estimate of drug-likeness (QED) is 0.321. The zero-order chi connectivity index (χ0) is 17.6. The van der Waals surface area contributed by atoms with Gasteiger partial charge in [-0.1, -0.05) is 0 Å². The Balaban J connectivity index is 5.02. The molecule has 0 aliphatic carbocycles. The first kappa shape index (κ1) is 23.3. The van der Waals surface area contributed by atoms with Crippen molar-refractivity contribution in [2.75, 3.05) is 0 Å². The molecule has 0 heterocycles. The molecule has 22 heavy (non-hydrogen) atoms. The van der Waals surface area contributed by atoms with Crippen molar-refractivity contribution in [2.45, 2.75) is 79.8 Å². The van der Waals surface area contributed by atoms with Gasteiger partial charge in [0.05, 0.1) is 0 Å². The van der Waals surface area contributed by atoms with E-state index in [1.807, 2.05) is 0 Å². The van der Waals surface area contributed by atoms with Crippen LogP contribution in [-0.4, -0.2) is 49.8 Å². The molecule has 0 saturated heterocycles. The molecule has 0 rings (SSSR count). The second-order valence-electron chi connectivity index (χ2n) is 5.66. The average molecular weight is 488 g/mol. The van der Waals surface area contributed by atoms with Crippen molar-refractivity contribution in [3.05, 3.63) is 0 Å². The predicted molar refractivity (Wildman–Crippen MR) is 91.6 cm³/mol. The molecule has 0 radical (unpaired) electrons. The molecule has 0 N–H and O–H groups in total. The van der Waals surface area contributed by atoms with Crippen molar-refractivity contribution in [3.63, 3.8) is 0 Å². The van der Waals surface area contributed by atoms with E-state index in [0.717, 1.165) is 0 Å². The van der Waals surface area contributed by atoms with E-state index in [1.165, 1.54) is 0 Å². The SMILES string of the molecule is CC(C)OP(=O)(OC(C)C)[Se][Se]P(=O)(OC(C)C)OC(C)C. The van der Waals surface area contributed by atoms with Crippen LogP contribution in [0, 0.1) is 0 Å². The zero-order valence-corrected chi connectivity index (χ0v) is 19.7. The van der Waals surface area contributed by atoms with E-state index in [9.17, 15) is 9.13 Å². The third-order valence-corrected chi connectivity index (χ3v) is 29.1. The van der Waals surface area contributed by atoms with E-state index in [1.54, 1.807) is 55.4 Å². The molecule has 0 unspecified atom stereocenters. The van der Waals surface area contributed by atoms with Gasteiger partial charge in [-0.05, 0) is 0 Å². The Kier molecular flexibility index (Phi) is 11.0. The molecule has 0 aromatic rings. The maximum atomic E-state index is 12.8. The molecular formula is C12H28O6P2Se2. The van der Waals surface area contributed by atoms with Crippen LogP contribution in [0.25, 0.3) is 0 Å². The van der Waals surface area contributed by atoms with E-state index < -0.39 is 37.9 Å². The molecule has 10 heteroatoms. The van der Waals surface area contributed by atoms with Crippen molar-refractivity contribution in [1.82, 2.24) is 0 Å². The van der Waals surface area contributed by atoms with Crippen molar-refractivity contribution in [3.8, 4) is 0 Å². The van der Waals surface area contributed by atoms with E-state index in [2.05, 4.69) is 0 Å². The van der Waals surface area contributed by atoms with Crippen LogP contribution in [0.4, 0.5) is 0 Å². The number of hydrogen-bond donors (Lipinski definition) is 0. The maximum absolute atomic E-state index is 12.8. The first-order valence-corrected chi connectivity index (χ1v) is 19.0. The Morgan fingerprint density at radius 2 is 0.727 bits per heavy atom. The Labute approximate surface area is 144 Å². The summed E-state index contributed by atoms with van der Waals surface area (Å²) < 4.78 is 47.6. The first-order chi connectivity index (χ1) is 9.87. The molecule has 0 saturated carbocycles. The van der Waals surface area contributed by atoms with Gasteiger partial charge in [-0.25, -0.2) is 0 Å². The molecular weight excluding hydrogens is 460 g/mol. The summed E-state index contributed by atoms with van der Waals surface area (Å²) in [7, 11) is 0. The Morgan fingerprint density at radius 1 is 0.545 bits per heavy atom. The predicted octanol–water partition coefficient (Wildman–Crippen LogP) is 4.23. The summed E-state index contributed by atoms with van der Waals surface area (Å²) in [5.74, 6) is 0. The average Bonchev–Trinajstić information content (AvgIpc) is 2.21. The van der Waals surface area contributed by atoms with Crippen LogP contribution < -0.4 is 0 Å². The van der Waals surface area contributed by atoms with Crippen LogP contribution in [0.15, 0.2) is 0 Å². The molecule has 0 atom stereocenters. The summed E-state index contributed by atoms with van der Waals surface area (Å²) in [4.78, 5) is 0. The standard InChI is InChI=1S/C12H28O6P2Se2/c1-9(2)15-19(13,16-10(3)4)21-22-20(14,17-11(5)6)18-12(7)8/h9-12H,1-8H3. The van der Waals surface area contributed by atoms with Crippen molar-refractivity contribution in [2.24, 2.45) is 0 Å². The van der Waals surface area contributed by atoms with Crippen LogP contribution in [-0.2, 0) is 27.2 Å². The molecule has 0 aromatic carbocycles. The fourth-order valence-corrected chi connectivity index (χ4v) is 33.1. The Bertz CT molecular complexity index is 348. The van der Waals surface area contributed by atoms with Gasteiger partial charge in [-0.15, -0.1) is 0 Å². The molecule has 0 amide bonds. The molecule has 0 fully saturated rings. The minimum absolute atomic E-state index is 0.223. The summed E-state index contributed by atoms with van der Waals surface area (Å²) in [6, 6.07) is 0. The van der Waals surface area contributed by atoms with E-state index in [-0.39, 0.29) is 24.4 Å². The topological polar surface area (TPSA) is 71.1 Å². The van der Waals surface area contributed by atoms with E-state index in [4.69, 9.17) is 18.1 Å². The van der Waals surface area contributed by atoms with Crippen molar-refractivity contribution in [1.29, 1.82) is 0 Å². The molecule has 0 aliphatic heterocycles. The monoisotopic (exact) mass is 490 g/mol. The minimum atomic E-state index is -3.26. The molecule has 0 aromatic heterocycles. The molecule has 0 spiro atoms. The third-order valence-electron chi connectivity index (χ3n) is 1.58. The summed E-state index contributed by atoms with van der Waals surface area (Å²) in [6.07, 6.45) is -7.41. The Hall–Kier alpha value is 1.34. The molecule has 6 nitrogen and oxygen atoms in total. The van der Waals surface area contributed by atoms with Gasteiger partial charge in [-0.2, -0.15) is 0 Å². The van der Waals surface area contributed by atoms with E-state index in [0.29, 0.717) is 0 Å². The van der Waals surface area contributed by atoms with Gasteiger partial charge in [0.1, 0.15) is 0 Å². The van der Waals surface area contributed by atoms with Gasteiger partial charge in [0.25, 0.3) is 0 Å². The fraction of sp³-hybridized carbons (Fsp3) is 1.00. The normalized spacial score (nSPS) is 13.8. The van der Waals surface area contributed by atoms with Crippen LogP contribution in [0.2, 0.25) is 0 Å². The fourth-order valence-electron chi connectivity index (χ4n) is 1.23. The van der Waals surface area contributed by atoms with Crippen molar-refractivity contribution < 1.29 is 27.2 Å². The van der Waals surface area contributed by atoms with Gasteiger partial charge in [0.2, 0.25) is 0 Å². The van der Waals surface area contributed by atoms with Gasteiger partial charge >= 0.3 is 145 Å². The first-order valence-electron chi connectivity index (χ1n) is 7.19. The van der Waals surface area contributed by atoms with Crippen LogP contribution in [0.3, 0.4) is 0 Å². The van der Waals surface area contributed by atoms with Gasteiger partial charge in [0.15, 0.2) is 0 Å². The number of rotatable bonds is 11. The molecule has 0 bridgehead atoms. The van der Waals surface area contributed by atoms with Crippen LogP contribution >= 0.6 is 12.6 Å². The Morgan fingerprint density at radius 3 is 0.864 bits per heavy atom. The van der Waals surface area contributed by atoms with E-state index >= 15 is 0 Å². The van der Waals surface area contributed by atoms with Gasteiger partial charge in [-0.3, -0.25) is 0 Å².